The third-order valence-corrected chi connectivity index (χ3v) is 2.34. The van der Waals surface area contributed by atoms with E-state index in [2.05, 4.69) is 12.1 Å². The SMILES string of the molecule is CC(C)Oc1cc(C#N)c(C(C)C)c(C#N)c1. The maximum absolute atomic E-state index is 9.13. The van der Waals surface area contributed by atoms with Gasteiger partial charge in [-0.05, 0) is 37.5 Å². The topological polar surface area (TPSA) is 56.8 Å². The zero-order chi connectivity index (χ0) is 13.0. The highest BCUT2D eigenvalue weighted by atomic mass is 16.5. The Morgan fingerprint density at radius 2 is 1.47 bits per heavy atom. The standard InChI is InChI=1S/C14H16N2O/c1-9(2)14-11(7-15)5-13(17-10(3)4)6-12(14)8-16/h5-6,9-10H,1-4H3. The molecule has 0 radical (unpaired) electrons. The van der Waals surface area contributed by atoms with Gasteiger partial charge in [0.2, 0.25) is 0 Å². The van der Waals surface area contributed by atoms with Crippen molar-refractivity contribution in [3.63, 3.8) is 0 Å². The van der Waals surface area contributed by atoms with E-state index in [4.69, 9.17) is 15.3 Å². The minimum atomic E-state index is 0.0259. The van der Waals surface area contributed by atoms with Crippen molar-refractivity contribution in [1.29, 1.82) is 10.5 Å². The predicted octanol–water partition coefficient (Wildman–Crippen LogP) is 3.34. The Bertz CT molecular complexity index is 455. The maximum Gasteiger partial charge on any atom is 0.122 e. The molecular weight excluding hydrogens is 212 g/mol. The molecule has 1 rings (SSSR count). The lowest BCUT2D eigenvalue weighted by Gasteiger charge is -2.15. The number of benzene rings is 1. The van der Waals surface area contributed by atoms with Crippen molar-refractivity contribution in [3.05, 3.63) is 28.8 Å². The second-order valence-corrected chi connectivity index (χ2v) is 4.48. The molecule has 0 heterocycles. The molecule has 1 aromatic carbocycles. The first kappa shape index (κ1) is 13.1. The lowest BCUT2D eigenvalue weighted by Crippen LogP contribution is -2.07. The van der Waals surface area contributed by atoms with E-state index in [1.54, 1.807) is 12.1 Å². The van der Waals surface area contributed by atoms with Crippen LogP contribution in [0.5, 0.6) is 5.75 Å². The molecule has 0 aliphatic carbocycles. The van der Waals surface area contributed by atoms with Crippen LogP contribution in [0.3, 0.4) is 0 Å². The molecule has 17 heavy (non-hydrogen) atoms. The monoisotopic (exact) mass is 228 g/mol. The Kier molecular flexibility index (Phi) is 4.12. The van der Waals surface area contributed by atoms with E-state index in [0.29, 0.717) is 16.9 Å². The van der Waals surface area contributed by atoms with E-state index < -0.39 is 0 Å². The van der Waals surface area contributed by atoms with Gasteiger partial charge in [-0.2, -0.15) is 10.5 Å². The van der Waals surface area contributed by atoms with Crippen LogP contribution in [0.2, 0.25) is 0 Å². The Morgan fingerprint density at radius 3 is 1.76 bits per heavy atom. The molecule has 0 aliphatic heterocycles. The van der Waals surface area contributed by atoms with E-state index in [-0.39, 0.29) is 12.0 Å². The van der Waals surface area contributed by atoms with Gasteiger partial charge in [0.1, 0.15) is 5.75 Å². The van der Waals surface area contributed by atoms with Gasteiger partial charge >= 0.3 is 0 Å². The second-order valence-electron chi connectivity index (χ2n) is 4.48. The molecule has 0 spiro atoms. The third-order valence-electron chi connectivity index (χ3n) is 2.34. The van der Waals surface area contributed by atoms with Gasteiger partial charge in [0.25, 0.3) is 0 Å². The molecule has 0 unspecified atom stereocenters. The quantitative estimate of drug-likeness (QED) is 0.797. The van der Waals surface area contributed by atoms with Gasteiger partial charge in [-0.25, -0.2) is 0 Å². The van der Waals surface area contributed by atoms with Crippen LogP contribution in [-0.2, 0) is 0 Å². The number of ether oxygens (including phenoxy) is 1. The summed E-state index contributed by atoms with van der Waals surface area (Å²) < 4.78 is 5.53. The predicted molar refractivity (Wildman–Crippen MR) is 65.7 cm³/mol. The summed E-state index contributed by atoms with van der Waals surface area (Å²) in [6.45, 7) is 7.77. The number of nitriles is 2. The molecule has 0 aliphatic rings. The highest BCUT2D eigenvalue weighted by Gasteiger charge is 2.14. The van der Waals surface area contributed by atoms with Crippen molar-refractivity contribution in [3.8, 4) is 17.9 Å². The molecule has 3 nitrogen and oxygen atoms in total. The molecule has 0 bridgehead atoms. The molecule has 1 aromatic rings. The third kappa shape index (κ3) is 2.98. The Balaban J connectivity index is 3.37. The lowest BCUT2D eigenvalue weighted by molar-refractivity contribution is 0.242. The minimum Gasteiger partial charge on any atom is -0.491 e. The average molecular weight is 228 g/mol. The molecule has 0 aromatic heterocycles. The van der Waals surface area contributed by atoms with Crippen LogP contribution in [0.1, 0.15) is 50.3 Å². The first-order valence-electron chi connectivity index (χ1n) is 5.64. The fourth-order valence-corrected chi connectivity index (χ4v) is 1.77. The molecule has 0 saturated carbocycles. The molecule has 0 saturated heterocycles. The molecule has 0 fully saturated rings. The highest BCUT2D eigenvalue weighted by molar-refractivity contribution is 5.54. The van der Waals surface area contributed by atoms with Crippen LogP contribution in [0.4, 0.5) is 0 Å². The van der Waals surface area contributed by atoms with E-state index in [0.717, 1.165) is 5.56 Å². The van der Waals surface area contributed by atoms with Crippen molar-refractivity contribution in [2.45, 2.75) is 39.7 Å². The normalized spacial score (nSPS) is 10.1. The van der Waals surface area contributed by atoms with E-state index >= 15 is 0 Å². The lowest BCUT2D eigenvalue weighted by atomic mass is 9.92. The fourth-order valence-electron chi connectivity index (χ4n) is 1.77. The summed E-state index contributed by atoms with van der Waals surface area (Å²) in [7, 11) is 0. The van der Waals surface area contributed by atoms with E-state index in [1.165, 1.54) is 0 Å². The smallest absolute Gasteiger partial charge is 0.122 e. The Hall–Kier alpha value is -2.00. The minimum absolute atomic E-state index is 0.0259. The van der Waals surface area contributed by atoms with Gasteiger partial charge < -0.3 is 4.74 Å². The summed E-state index contributed by atoms with van der Waals surface area (Å²) in [5.41, 5.74) is 1.84. The van der Waals surface area contributed by atoms with Gasteiger partial charge in [0.05, 0.1) is 29.4 Å². The molecule has 0 atom stereocenters. The summed E-state index contributed by atoms with van der Waals surface area (Å²) in [6.07, 6.45) is 0.0259. The molecule has 0 N–H and O–H groups in total. The number of hydrogen-bond donors (Lipinski definition) is 0. The fraction of sp³-hybridized carbons (Fsp3) is 0.429. The molecule has 3 heteroatoms. The average Bonchev–Trinajstić information content (AvgIpc) is 2.26. The summed E-state index contributed by atoms with van der Waals surface area (Å²) in [5, 5.41) is 18.3. The first-order valence-corrected chi connectivity index (χ1v) is 5.64. The molecule has 88 valence electrons. The van der Waals surface area contributed by atoms with E-state index in [1.807, 2.05) is 27.7 Å². The van der Waals surface area contributed by atoms with Crippen molar-refractivity contribution in [2.75, 3.05) is 0 Å². The van der Waals surface area contributed by atoms with Gasteiger partial charge in [-0.1, -0.05) is 13.8 Å². The van der Waals surface area contributed by atoms with Gasteiger partial charge in [0.15, 0.2) is 0 Å². The van der Waals surface area contributed by atoms with Gasteiger partial charge in [-0.15, -0.1) is 0 Å². The zero-order valence-corrected chi connectivity index (χ0v) is 10.6. The maximum atomic E-state index is 9.13. The van der Waals surface area contributed by atoms with Crippen molar-refractivity contribution in [2.24, 2.45) is 0 Å². The first-order chi connectivity index (χ1) is 7.99. The largest absolute Gasteiger partial charge is 0.491 e. The number of hydrogen-bond acceptors (Lipinski definition) is 3. The second kappa shape index (κ2) is 5.37. The van der Waals surface area contributed by atoms with Gasteiger partial charge in [-0.3, -0.25) is 0 Å². The van der Waals surface area contributed by atoms with Crippen molar-refractivity contribution >= 4 is 0 Å². The Labute approximate surface area is 102 Å². The summed E-state index contributed by atoms with van der Waals surface area (Å²) >= 11 is 0. The van der Waals surface area contributed by atoms with Crippen molar-refractivity contribution < 1.29 is 4.74 Å². The summed E-state index contributed by atoms with van der Waals surface area (Å²) in [4.78, 5) is 0. The number of rotatable bonds is 3. The van der Waals surface area contributed by atoms with Gasteiger partial charge in [0, 0.05) is 0 Å². The summed E-state index contributed by atoms with van der Waals surface area (Å²) in [6, 6.07) is 7.68. The van der Waals surface area contributed by atoms with Crippen LogP contribution >= 0.6 is 0 Å². The van der Waals surface area contributed by atoms with Crippen molar-refractivity contribution in [1.82, 2.24) is 0 Å². The molecule has 0 amide bonds. The van der Waals surface area contributed by atoms with Crippen LogP contribution in [0.25, 0.3) is 0 Å². The number of nitrogens with zero attached hydrogens (tertiary/aromatic N) is 2. The van der Waals surface area contributed by atoms with Crippen LogP contribution in [0, 0.1) is 22.7 Å². The summed E-state index contributed by atoms with van der Waals surface area (Å²) in [5.74, 6) is 0.727. The van der Waals surface area contributed by atoms with E-state index in [9.17, 15) is 0 Å². The molecular formula is C14H16N2O. The zero-order valence-electron chi connectivity index (χ0n) is 10.6. The highest BCUT2D eigenvalue weighted by Crippen LogP contribution is 2.28. The van der Waals surface area contributed by atoms with Crippen LogP contribution in [-0.4, -0.2) is 6.10 Å². The van der Waals surface area contributed by atoms with Crippen LogP contribution in [0.15, 0.2) is 12.1 Å². The van der Waals surface area contributed by atoms with Crippen LogP contribution < -0.4 is 4.74 Å². The Morgan fingerprint density at radius 1 is 1.00 bits per heavy atom.